The minimum absolute atomic E-state index is 0.503. The number of likely N-dealkylation sites (N-methyl/N-ethyl adjacent to an activating group) is 2. The summed E-state index contributed by atoms with van der Waals surface area (Å²) in [7, 11) is 4.39. The van der Waals surface area contributed by atoms with Gasteiger partial charge in [0.05, 0.1) is 6.54 Å². The topological polar surface area (TPSA) is 42.9 Å². The fraction of sp³-hybridized carbons (Fsp3) is 0.632. The van der Waals surface area contributed by atoms with Crippen molar-refractivity contribution < 1.29 is 0 Å². The molecule has 134 valence electrons. The Morgan fingerprint density at radius 2 is 1.96 bits per heavy atom. The van der Waals surface area contributed by atoms with Gasteiger partial charge in [0.25, 0.3) is 0 Å². The Bertz CT molecular complexity index is 488. The van der Waals surface area contributed by atoms with Crippen LogP contribution in [0.3, 0.4) is 0 Å². The van der Waals surface area contributed by atoms with Gasteiger partial charge in [-0.25, -0.2) is 0 Å². The third-order valence-corrected chi connectivity index (χ3v) is 4.56. The number of piperazine rings is 1. The number of nitrogens with one attached hydrogen (secondary N) is 2. The molecule has 1 fully saturated rings. The largest absolute Gasteiger partial charge is 0.357 e. The summed E-state index contributed by atoms with van der Waals surface area (Å²) >= 11 is 0. The van der Waals surface area contributed by atoms with Crippen LogP contribution in [0.1, 0.15) is 18.9 Å². The van der Waals surface area contributed by atoms with Crippen molar-refractivity contribution in [3.63, 3.8) is 0 Å². The number of benzene rings is 1. The average molecular weight is 332 g/mol. The summed E-state index contributed by atoms with van der Waals surface area (Å²) in [6.45, 7) is 8.16. The number of aliphatic imine (C=N–C) groups is 1. The minimum atomic E-state index is 0.503. The summed E-state index contributed by atoms with van der Waals surface area (Å²) in [6, 6.07) is 11.2. The lowest BCUT2D eigenvalue weighted by molar-refractivity contribution is 0.119. The standard InChI is InChI=1S/C19H33N5/c1-4-20-19(21-12-8-11-17-9-6-5-7-10-17)22-15-18-16-23(2)13-14-24(18)3/h5-7,9-10,18H,4,8,11-16H2,1-3H3,(H2,20,21,22). The maximum absolute atomic E-state index is 4.79. The fourth-order valence-electron chi connectivity index (χ4n) is 2.98. The van der Waals surface area contributed by atoms with Gasteiger partial charge in [-0.2, -0.15) is 0 Å². The summed E-state index contributed by atoms with van der Waals surface area (Å²) in [5.41, 5.74) is 1.40. The summed E-state index contributed by atoms with van der Waals surface area (Å²) in [5, 5.41) is 6.82. The van der Waals surface area contributed by atoms with Gasteiger partial charge in [0.1, 0.15) is 0 Å². The first-order chi connectivity index (χ1) is 11.7. The Labute approximate surface area is 147 Å². The lowest BCUT2D eigenvalue weighted by atomic mass is 10.1. The molecule has 0 aliphatic carbocycles. The number of guanidine groups is 1. The van der Waals surface area contributed by atoms with Gasteiger partial charge in [-0.05, 0) is 39.4 Å². The van der Waals surface area contributed by atoms with Crippen molar-refractivity contribution in [2.45, 2.75) is 25.8 Å². The van der Waals surface area contributed by atoms with Crippen LogP contribution in [0.5, 0.6) is 0 Å². The Morgan fingerprint density at radius 3 is 2.71 bits per heavy atom. The van der Waals surface area contributed by atoms with Gasteiger partial charge < -0.3 is 15.5 Å². The van der Waals surface area contributed by atoms with Crippen LogP contribution in [0, 0.1) is 0 Å². The van der Waals surface area contributed by atoms with Gasteiger partial charge in [0, 0.05) is 38.8 Å². The van der Waals surface area contributed by atoms with Crippen LogP contribution >= 0.6 is 0 Å². The van der Waals surface area contributed by atoms with Crippen molar-refractivity contribution in [1.29, 1.82) is 0 Å². The molecule has 0 bridgehead atoms. The Kier molecular flexibility index (Phi) is 8.05. The quantitative estimate of drug-likeness (QED) is 0.451. The van der Waals surface area contributed by atoms with Crippen LogP contribution in [-0.2, 0) is 6.42 Å². The van der Waals surface area contributed by atoms with Gasteiger partial charge in [-0.1, -0.05) is 30.3 Å². The van der Waals surface area contributed by atoms with Crippen molar-refractivity contribution in [3.8, 4) is 0 Å². The highest BCUT2D eigenvalue weighted by molar-refractivity contribution is 5.79. The molecule has 0 radical (unpaired) electrons. The molecule has 1 heterocycles. The molecular formula is C19H33N5. The van der Waals surface area contributed by atoms with E-state index in [1.807, 2.05) is 0 Å². The Balaban J connectivity index is 1.75. The average Bonchev–Trinajstić information content (AvgIpc) is 2.60. The maximum atomic E-state index is 4.79. The highest BCUT2D eigenvalue weighted by Crippen LogP contribution is 2.06. The van der Waals surface area contributed by atoms with E-state index in [9.17, 15) is 0 Å². The van der Waals surface area contributed by atoms with Gasteiger partial charge in [0.2, 0.25) is 0 Å². The Morgan fingerprint density at radius 1 is 1.17 bits per heavy atom. The molecule has 5 nitrogen and oxygen atoms in total. The summed E-state index contributed by atoms with van der Waals surface area (Å²) < 4.78 is 0. The molecule has 1 aliphatic rings. The zero-order chi connectivity index (χ0) is 17.2. The molecule has 1 atom stereocenters. The van der Waals surface area contributed by atoms with Gasteiger partial charge in [0.15, 0.2) is 5.96 Å². The second kappa shape index (κ2) is 10.3. The highest BCUT2D eigenvalue weighted by Gasteiger charge is 2.21. The van der Waals surface area contributed by atoms with Gasteiger partial charge >= 0.3 is 0 Å². The predicted octanol–water partition coefficient (Wildman–Crippen LogP) is 1.42. The number of rotatable bonds is 7. The molecule has 0 saturated carbocycles. The molecule has 2 N–H and O–H groups in total. The molecule has 0 aromatic heterocycles. The number of hydrogen-bond acceptors (Lipinski definition) is 3. The smallest absolute Gasteiger partial charge is 0.191 e. The zero-order valence-corrected chi connectivity index (χ0v) is 15.5. The lowest BCUT2D eigenvalue weighted by Crippen LogP contribution is -2.51. The first-order valence-electron chi connectivity index (χ1n) is 9.14. The SMILES string of the molecule is CCNC(=NCC1CN(C)CCN1C)NCCCc1ccccc1. The summed E-state index contributed by atoms with van der Waals surface area (Å²) in [5.74, 6) is 0.937. The van der Waals surface area contributed by atoms with E-state index in [0.29, 0.717) is 6.04 Å². The fourth-order valence-corrected chi connectivity index (χ4v) is 2.98. The van der Waals surface area contributed by atoms with E-state index in [-0.39, 0.29) is 0 Å². The highest BCUT2D eigenvalue weighted by atomic mass is 15.3. The second-order valence-corrected chi connectivity index (χ2v) is 6.63. The monoisotopic (exact) mass is 331 g/mol. The van der Waals surface area contributed by atoms with Crippen LogP contribution in [-0.4, -0.2) is 75.2 Å². The predicted molar refractivity (Wildman–Crippen MR) is 103 cm³/mol. The molecule has 24 heavy (non-hydrogen) atoms. The van der Waals surface area contributed by atoms with Crippen molar-refractivity contribution in [1.82, 2.24) is 20.4 Å². The van der Waals surface area contributed by atoms with Gasteiger partial charge in [-0.3, -0.25) is 9.89 Å². The zero-order valence-electron chi connectivity index (χ0n) is 15.5. The van der Waals surface area contributed by atoms with Crippen LogP contribution < -0.4 is 10.6 Å². The minimum Gasteiger partial charge on any atom is -0.357 e. The van der Waals surface area contributed by atoms with Crippen LogP contribution in [0.15, 0.2) is 35.3 Å². The molecular weight excluding hydrogens is 298 g/mol. The lowest BCUT2D eigenvalue weighted by Gasteiger charge is -2.36. The molecule has 0 spiro atoms. The number of nitrogens with zero attached hydrogens (tertiary/aromatic N) is 3. The Hall–Kier alpha value is -1.59. The van der Waals surface area contributed by atoms with Gasteiger partial charge in [-0.15, -0.1) is 0 Å². The van der Waals surface area contributed by atoms with Crippen molar-refractivity contribution >= 4 is 5.96 Å². The van der Waals surface area contributed by atoms with E-state index in [1.54, 1.807) is 0 Å². The summed E-state index contributed by atoms with van der Waals surface area (Å²) in [4.78, 5) is 9.60. The molecule has 1 aromatic carbocycles. The van der Waals surface area contributed by atoms with E-state index in [0.717, 1.165) is 58.1 Å². The first-order valence-corrected chi connectivity index (χ1v) is 9.14. The van der Waals surface area contributed by atoms with Crippen LogP contribution in [0.4, 0.5) is 0 Å². The molecule has 5 heteroatoms. The third kappa shape index (κ3) is 6.49. The maximum Gasteiger partial charge on any atom is 0.191 e. The first kappa shape index (κ1) is 18.7. The van der Waals surface area contributed by atoms with Crippen LogP contribution in [0.2, 0.25) is 0 Å². The normalized spacial score (nSPS) is 20.1. The molecule has 1 aromatic rings. The van der Waals surface area contributed by atoms with Crippen molar-refractivity contribution in [2.24, 2.45) is 4.99 Å². The molecule has 1 saturated heterocycles. The second-order valence-electron chi connectivity index (χ2n) is 6.63. The van der Waals surface area contributed by atoms with E-state index >= 15 is 0 Å². The molecule has 0 amide bonds. The van der Waals surface area contributed by atoms with E-state index < -0.39 is 0 Å². The van der Waals surface area contributed by atoms with Crippen LogP contribution in [0.25, 0.3) is 0 Å². The number of aryl methyl sites for hydroxylation is 1. The number of hydrogen-bond donors (Lipinski definition) is 2. The van der Waals surface area contributed by atoms with E-state index in [2.05, 4.69) is 71.8 Å². The molecule has 2 rings (SSSR count). The summed E-state index contributed by atoms with van der Waals surface area (Å²) in [6.07, 6.45) is 2.21. The third-order valence-electron chi connectivity index (χ3n) is 4.56. The van der Waals surface area contributed by atoms with E-state index in [4.69, 9.17) is 4.99 Å². The molecule has 1 aliphatic heterocycles. The van der Waals surface area contributed by atoms with E-state index in [1.165, 1.54) is 5.56 Å². The van der Waals surface area contributed by atoms with Crippen molar-refractivity contribution in [3.05, 3.63) is 35.9 Å². The van der Waals surface area contributed by atoms with Crippen molar-refractivity contribution in [2.75, 3.05) is 53.4 Å². The molecule has 1 unspecified atom stereocenters.